The fourth-order valence-electron chi connectivity index (χ4n) is 3.95. The summed E-state index contributed by atoms with van der Waals surface area (Å²) >= 11 is 6.12. The van der Waals surface area contributed by atoms with Crippen LogP contribution in [0.25, 0.3) is 0 Å². The molecule has 1 saturated heterocycles. The summed E-state index contributed by atoms with van der Waals surface area (Å²) in [5.74, 6) is 0.565. The highest BCUT2D eigenvalue weighted by molar-refractivity contribution is 7.89. The van der Waals surface area contributed by atoms with Gasteiger partial charge in [0.1, 0.15) is 0 Å². The van der Waals surface area contributed by atoms with E-state index in [-0.39, 0.29) is 0 Å². The molecule has 6 nitrogen and oxygen atoms in total. The van der Waals surface area contributed by atoms with Crippen molar-refractivity contribution in [2.45, 2.75) is 18.7 Å². The number of hydrogen-bond acceptors (Lipinski definition) is 5. The number of sulfonamides is 1. The summed E-state index contributed by atoms with van der Waals surface area (Å²) in [5, 5.41) is 0.718. The van der Waals surface area contributed by atoms with Crippen molar-refractivity contribution in [3.8, 4) is 0 Å². The Morgan fingerprint density at radius 2 is 1.66 bits per heavy atom. The second kappa shape index (κ2) is 7.88. The van der Waals surface area contributed by atoms with Crippen LogP contribution in [0.2, 0.25) is 5.02 Å². The smallest absolute Gasteiger partial charge is 0.266 e. The minimum absolute atomic E-state index is 0.357. The van der Waals surface area contributed by atoms with E-state index < -0.39 is 10.0 Å². The molecule has 2 heterocycles. The molecule has 1 fully saturated rings. The van der Waals surface area contributed by atoms with Gasteiger partial charge in [0, 0.05) is 36.9 Å². The molecule has 2 aromatic carbocycles. The third kappa shape index (κ3) is 3.94. The second-order valence-electron chi connectivity index (χ2n) is 7.48. The lowest BCUT2D eigenvalue weighted by atomic mass is 10.2. The van der Waals surface area contributed by atoms with Crippen molar-refractivity contribution in [2.24, 2.45) is 4.99 Å². The molecule has 2 aliphatic rings. The van der Waals surface area contributed by atoms with Crippen molar-refractivity contribution in [3.05, 3.63) is 58.6 Å². The molecule has 0 atom stereocenters. The lowest BCUT2D eigenvalue weighted by Crippen LogP contribution is -2.53. The van der Waals surface area contributed by atoms with Gasteiger partial charge in [-0.15, -0.1) is 0 Å². The van der Waals surface area contributed by atoms with Gasteiger partial charge in [-0.05, 0) is 43.7 Å². The van der Waals surface area contributed by atoms with Crippen LogP contribution in [0.1, 0.15) is 11.1 Å². The van der Waals surface area contributed by atoms with E-state index in [1.807, 2.05) is 50.2 Å². The maximum absolute atomic E-state index is 13.3. The van der Waals surface area contributed by atoms with Crippen LogP contribution in [0.3, 0.4) is 0 Å². The van der Waals surface area contributed by atoms with Crippen LogP contribution in [0.5, 0.6) is 0 Å². The predicted molar refractivity (Wildman–Crippen MR) is 117 cm³/mol. The molecule has 0 saturated carbocycles. The van der Waals surface area contributed by atoms with E-state index in [1.165, 1.54) is 4.31 Å². The fraction of sp³-hybridized carbons (Fsp3) is 0.381. The number of anilines is 1. The summed E-state index contributed by atoms with van der Waals surface area (Å²) in [7, 11) is -3.63. The standard InChI is InChI=1S/C21H25ClN4O2S/c1-16-6-7-20(17(2)14-16)29(27,28)26-9-8-23-21(26)25-12-10-24(11-13-25)19-5-3-4-18(22)15-19/h3-7,14-15H,8-13H2,1-2H3. The Morgan fingerprint density at radius 3 is 2.34 bits per heavy atom. The van der Waals surface area contributed by atoms with E-state index in [0.29, 0.717) is 37.0 Å². The number of aryl methyl sites for hydroxylation is 2. The Kier molecular flexibility index (Phi) is 5.44. The van der Waals surface area contributed by atoms with E-state index in [9.17, 15) is 8.42 Å². The monoisotopic (exact) mass is 432 g/mol. The van der Waals surface area contributed by atoms with Gasteiger partial charge in [-0.1, -0.05) is 35.4 Å². The Balaban J connectivity index is 1.51. The average Bonchev–Trinajstić information content (AvgIpc) is 3.19. The number of hydrogen-bond donors (Lipinski definition) is 0. The number of nitrogens with zero attached hydrogens (tertiary/aromatic N) is 4. The topological polar surface area (TPSA) is 56.2 Å². The van der Waals surface area contributed by atoms with Gasteiger partial charge < -0.3 is 9.80 Å². The number of guanidine groups is 1. The van der Waals surface area contributed by atoms with E-state index >= 15 is 0 Å². The molecule has 0 amide bonds. The largest absolute Gasteiger partial charge is 0.368 e. The molecule has 0 unspecified atom stereocenters. The van der Waals surface area contributed by atoms with Gasteiger partial charge in [0.25, 0.3) is 10.0 Å². The minimum Gasteiger partial charge on any atom is -0.368 e. The molecule has 0 spiro atoms. The molecule has 2 aliphatic heterocycles. The number of rotatable bonds is 3. The molecule has 4 rings (SSSR count). The Morgan fingerprint density at radius 1 is 0.931 bits per heavy atom. The zero-order valence-electron chi connectivity index (χ0n) is 16.7. The predicted octanol–water partition coefficient (Wildman–Crippen LogP) is 3.14. The van der Waals surface area contributed by atoms with Crippen LogP contribution in [0.4, 0.5) is 5.69 Å². The maximum Gasteiger partial charge on any atom is 0.266 e. The highest BCUT2D eigenvalue weighted by Crippen LogP contribution is 2.26. The van der Waals surface area contributed by atoms with Gasteiger partial charge in [-0.3, -0.25) is 4.99 Å². The van der Waals surface area contributed by atoms with E-state index in [2.05, 4.69) is 14.8 Å². The average molecular weight is 433 g/mol. The van der Waals surface area contributed by atoms with Gasteiger partial charge in [0.05, 0.1) is 18.0 Å². The highest BCUT2D eigenvalue weighted by atomic mass is 35.5. The molecule has 8 heteroatoms. The summed E-state index contributed by atoms with van der Waals surface area (Å²) in [4.78, 5) is 9.24. The van der Waals surface area contributed by atoms with E-state index in [1.54, 1.807) is 6.07 Å². The quantitative estimate of drug-likeness (QED) is 0.747. The zero-order chi connectivity index (χ0) is 20.6. The first-order valence-corrected chi connectivity index (χ1v) is 11.6. The molecule has 0 aliphatic carbocycles. The first kappa shape index (κ1) is 20.0. The highest BCUT2D eigenvalue weighted by Gasteiger charge is 2.35. The molecule has 29 heavy (non-hydrogen) atoms. The summed E-state index contributed by atoms with van der Waals surface area (Å²) in [6.45, 7) is 7.69. The van der Waals surface area contributed by atoms with Crippen LogP contribution in [-0.4, -0.2) is 62.9 Å². The number of halogens is 1. The lowest BCUT2D eigenvalue weighted by molar-refractivity contribution is 0.358. The molecule has 154 valence electrons. The molecule has 2 aromatic rings. The van der Waals surface area contributed by atoms with Crippen LogP contribution >= 0.6 is 11.6 Å². The summed E-state index contributed by atoms with van der Waals surface area (Å²) in [5.41, 5.74) is 2.90. The summed E-state index contributed by atoms with van der Waals surface area (Å²) < 4.78 is 28.1. The van der Waals surface area contributed by atoms with Gasteiger partial charge in [-0.25, -0.2) is 12.7 Å². The SMILES string of the molecule is Cc1ccc(S(=O)(=O)N2CCN=C2N2CCN(c3cccc(Cl)c3)CC2)c(C)c1. The third-order valence-corrected chi connectivity index (χ3v) is 7.59. The molecule has 0 N–H and O–H groups in total. The number of benzene rings is 2. The Hall–Kier alpha value is -2.25. The minimum atomic E-state index is -3.63. The Bertz CT molecular complexity index is 1050. The number of piperazine rings is 1. The Labute approximate surface area is 177 Å². The first-order valence-electron chi connectivity index (χ1n) is 9.76. The lowest BCUT2D eigenvalue weighted by Gasteiger charge is -2.39. The maximum atomic E-state index is 13.3. The first-order chi connectivity index (χ1) is 13.9. The van der Waals surface area contributed by atoms with Crippen LogP contribution in [0, 0.1) is 13.8 Å². The van der Waals surface area contributed by atoms with Crippen LogP contribution in [0.15, 0.2) is 52.4 Å². The van der Waals surface area contributed by atoms with Gasteiger partial charge >= 0.3 is 0 Å². The van der Waals surface area contributed by atoms with Crippen molar-refractivity contribution < 1.29 is 8.42 Å². The van der Waals surface area contributed by atoms with Crippen molar-refractivity contribution in [2.75, 3.05) is 44.2 Å². The number of aliphatic imine (C=N–C) groups is 1. The van der Waals surface area contributed by atoms with Gasteiger partial charge in [0.15, 0.2) is 0 Å². The van der Waals surface area contributed by atoms with Gasteiger partial charge in [-0.2, -0.15) is 0 Å². The molecular formula is C21H25ClN4O2S. The zero-order valence-corrected chi connectivity index (χ0v) is 18.2. The van der Waals surface area contributed by atoms with Crippen molar-refractivity contribution in [1.29, 1.82) is 0 Å². The molecule has 0 radical (unpaired) electrons. The fourth-order valence-corrected chi connectivity index (χ4v) is 5.79. The van der Waals surface area contributed by atoms with E-state index in [4.69, 9.17) is 11.6 Å². The molecule has 0 bridgehead atoms. The van der Waals surface area contributed by atoms with Crippen LogP contribution < -0.4 is 4.90 Å². The third-order valence-electron chi connectivity index (χ3n) is 5.41. The molecule has 0 aromatic heterocycles. The molecular weight excluding hydrogens is 408 g/mol. The second-order valence-corrected chi connectivity index (χ2v) is 9.75. The van der Waals surface area contributed by atoms with Gasteiger partial charge in [0.2, 0.25) is 5.96 Å². The summed E-state index contributed by atoms with van der Waals surface area (Å²) in [6, 6.07) is 13.3. The van der Waals surface area contributed by atoms with Crippen molar-refractivity contribution in [3.63, 3.8) is 0 Å². The van der Waals surface area contributed by atoms with Crippen LogP contribution in [-0.2, 0) is 10.0 Å². The van der Waals surface area contributed by atoms with E-state index in [0.717, 1.165) is 34.9 Å². The summed E-state index contributed by atoms with van der Waals surface area (Å²) in [6.07, 6.45) is 0. The van der Waals surface area contributed by atoms with Crippen molar-refractivity contribution >= 4 is 33.3 Å². The normalized spacial score (nSPS) is 17.6. The van der Waals surface area contributed by atoms with Crippen molar-refractivity contribution in [1.82, 2.24) is 9.21 Å².